The number of nitriles is 1. The number of ether oxygens (including phenoxy) is 1. The van der Waals surface area contributed by atoms with Crippen LogP contribution in [0.5, 0.6) is 5.75 Å². The van der Waals surface area contributed by atoms with E-state index < -0.39 is 6.10 Å². The van der Waals surface area contributed by atoms with E-state index in [1.54, 1.807) is 24.3 Å². The lowest BCUT2D eigenvalue weighted by Crippen LogP contribution is -2.58. The Morgan fingerprint density at radius 1 is 1.46 bits per heavy atom. The van der Waals surface area contributed by atoms with Gasteiger partial charge in [-0.3, -0.25) is 4.90 Å². The van der Waals surface area contributed by atoms with Gasteiger partial charge in [-0.15, -0.1) is 0 Å². The Labute approximate surface area is 144 Å². The third-order valence-corrected chi connectivity index (χ3v) is 5.37. The number of hydrogen-bond donors (Lipinski definition) is 2. The van der Waals surface area contributed by atoms with Gasteiger partial charge in [-0.1, -0.05) is 6.92 Å². The fourth-order valence-electron chi connectivity index (χ4n) is 4.14. The zero-order valence-electron chi connectivity index (χ0n) is 14.4. The fourth-order valence-corrected chi connectivity index (χ4v) is 4.14. The summed E-state index contributed by atoms with van der Waals surface area (Å²) < 4.78 is 5.66. The van der Waals surface area contributed by atoms with Crippen LogP contribution in [-0.4, -0.2) is 55.4 Å². The molecular formula is C19H27N3O2. The molecule has 5 nitrogen and oxygen atoms in total. The highest BCUT2D eigenvalue weighted by Gasteiger charge is 2.41. The van der Waals surface area contributed by atoms with E-state index in [4.69, 9.17) is 10.00 Å². The number of nitrogens with zero attached hydrogens (tertiary/aromatic N) is 2. The molecule has 2 saturated heterocycles. The van der Waals surface area contributed by atoms with E-state index in [1.165, 1.54) is 12.8 Å². The monoisotopic (exact) mass is 329 g/mol. The first-order chi connectivity index (χ1) is 11.6. The molecule has 1 aromatic carbocycles. The maximum atomic E-state index is 10.3. The molecular weight excluding hydrogens is 302 g/mol. The fraction of sp³-hybridized carbons (Fsp3) is 0.632. The van der Waals surface area contributed by atoms with Crippen LogP contribution in [0.2, 0.25) is 0 Å². The highest BCUT2D eigenvalue weighted by molar-refractivity contribution is 5.34. The third-order valence-electron chi connectivity index (χ3n) is 5.37. The molecule has 0 aromatic heterocycles. The molecule has 24 heavy (non-hydrogen) atoms. The predicted molar refractivity (Wildman–Crippen MR) is 92.8 cm³/mol. The predicted octanol–water partition coefficient (Wildman–Crippen LogP) is 1.62. The Balaban J connectivity index is 1.49. The van der Waals surface area contributed by atoms with Crippen LogP contribution in [0.1, 0.15) is 25.3 Å². The van der Waals surface area contributed by atoms with Gasteiger partial charge in [-0.25, -0.2) is 0 Å². The average molecular weight is 329 g/mol. The van der Waals surface area contributed by atoms with Gasteiger partial charge in [0, 0.05) is 26.2 Å². The number of piperidine rings is 2. The number of fused-ring (bicyclic) bond motifs is 2. The zero-order chi connectivity index (χ0) is 17.0. The van der Waals surface area contributed by atoms with Crippen molar-refractivity contribution < 1.29 is 9.84 Å². The number of rotatable bonds is 6. The van der Waals surface area contributed by atoms with Crippen LogP contribution in [0.4, 0.5) is 0 Å². The maximum absolute atomic E-state index is 10.3. The summed E-state index contributed by atoms with van der Waals surface area (Å²) in [5.74, 6) is 1.39. The Hall–Kier alpha value is -1.61. The molecule has 3 rings (SSSR count). The highest BCUT2D eigenvalue weighted by Crippen LogP contribution is 2.38. The molecule has 5 heteroatoms. The van der Waals surface area contributed by atoms with Gasteiger partial charge in [0.05, 0.1) is 11.6 Å². The SMILES string of the molecule is CCC12CNCC(CN(CC(O)COc3ccc(C#N)cc3)C1)C2. The lowest BCUT2D eigenvalue weighted by atomic mass is 9.71. The van der Waals surface area contributed by atoms with Crippen molar-refractivity contribution in [2.24, 2.45) is 11.3 Å². The normalized spacial score (nSPS) is 28.1. The van der Waals surface area contributed by atoms with E-state index >= 15 is 0 Å². The number of aliphatic hydroxyl groups is 1. The molecule has 2 heterocycles. The van der Waals surface area contributed by atoms with E-state index in [0.29, 0.717) is 29.2 Å². The van der Waals surface area contributed by atoms with Crippen molar-refractivity contribution >= 4 is 0 Å². The third kappa shape index (κ3) is 4.07. The number of nitrogens with one attached hydrogen (secondary N) is 1. The van der Waals surface area contributed by atoms with Crippen LogP contribution in [-0.2, 0) is 0 Å². The first-order valence-corrected chi connectivity index (χ1v) is 8.86. The molecule has 1 aromatic rings. The first kappa shape index (κ1) is 17.2. The topological polar surface area (TPSA) is 68.5 Å². The van der Waals surface area contributed by atoms with Crippen LogP contribution in [0.25, 0.3) is 0 Å². The molecule has 0 spiro atoms. The molecule has 2 N–H and O–H groups in total. The molecule has 2 aliphatic heterocycles. The van der Waals surface area contributed by atoms with Crippen molar-refractivity contribution in [1.82, 2.24) is 10.2 Å². The van der Waals surface area contributed by atoms with Gasteiger partial charge in [0.1, 0.15) is 18.5 Å². The summed E-state index contributed by atoms with van der Waals surface area (Å²) >= 11 is 0. The van der Waals surface area contributed by atoms with Crippen LogP contribution < -0.4 is 10.1 Å². The number of aliphatic hydroxyl groups excluding tert-OH is 1. The molecule has 130 valence electrons. The summed E-state index contributed by atoms with van der Waals surface area (Å²) in [7, 11) is 0. The lowest BCUT2D eigenvalue weighted by molar-refractivity contribution is -0.0126. The van der Waals surface area contributed by atoms with Crippen LogP contribution in [0, 0.1) is 22.7 Å². The Morgan fingerprint density at radius 3 is 2.96 bits per heavy atom. The first-order valence-electron chi connectivity index (χ1n) is 8.86. The van der Waals surface area contributed by atoms with Crippen LogP contribution in [0.15, 0.2) is 24.3 Å². The molecule has 2 fully saturated rings. The smallest absolute Gasteiger partial charge is 0.119 e. The van der Waals surface area contributed by atoms with Gasteiger partial charge in [0.2, 0.25) is 0 Å². The summed E-state index contributed by atoms with van der Waals surface area (Å²) in [5.41, 5.74) is 0.982. The van der Waals surface area contributed by atoms with Gasteiger partial charge in [0.25, 0.3) is 0 Å². The molecule has 0 amide bonds. The van der Waals surface area contributed by atoms with Crippen molar-refractivity contribution in [2.45, 2.75) is 25.9 Å². The Morgan fingerprint density at radius 2 is 2.25 bits per heavy atom. The molecule has 2 bridgehead atoms. The lowest BCUT2D eigenvalue weighted by Gasteiger charge is -2.50. The quantitative estimate of drug-likeness (QED) is 0.830. The summed E-state index contributed by atoms with van der Waals surface area (Å²) in [6.07, 6.45) is 2.00. The summed E-state index contributed by atoms with van der Waals surface area (Å²) in [4.78, 5) is 2.41. The van der Waals surface area contributed by atoms with Gasteiger partial charge in [-0.05, 0) is 55.0 Å². The number of likely N-dealkylation sites (tertiary alicyclic amines) is 1. The Bertz CT molecular complexity index is 583. The molecule has 3 unspecified atom stereocenters. The second-order valence-corrected chi connectivity index (χ2v) is 7.35. The van der Waals surface area contributed by atoms with E-state index in [1.807, 2.05) is 0 Å². The van der Waals surface area contributed by atoms with Crippen LogP contribution in [0.3, 0.4) is 0 Å². The number of benzene rings is 1. The maximum Gasteiger partial charge on any atom is 0.119 e. The minimum Gasteiger partial charge on any atom is -0.491 e. The van der Waals surface area contributed by atoms with Crippen LogP contribution >= 0.6 is 0 Å². The average Bonchev–Trinajstić information content (AvgIpc) is 2.60. The highest BCUT2D eigenvalue weighted by atomic mass is 16.5. The largest absolute Gasteiger partial charge is 0.491 e. The number of β-amino-alcohol motifs (C(OH)–C–C–N with tert-alkyl or cyclic N) is 1. The number of hydrogen-bond acceptors (Lipinski definition) is 5. The van der Waals surface area contributed by atoms with Gasteiger partial charge >= 0.3 is 0 Å². The van der Waals surface area contributed by atoms with E-state index in [0.717, 1.165) is 26.2 Å². The van der Waals surface area contributed by atoms with Gasteiger partial charge in [0.15, 0.2) is 0 Å². The van der Waals surface area contributed by atoms with Crippen molar-refractivity contribution in [2.75, 3.05) is 39.3 Å². The second-order valence-electron chi connectivity index (χ2n) is 7.35. The van der Waals surface area contributed by atoms with E-state index in [2.05, 4.69) is 23.2 Å². The van der Waals surface area contributed by atoms with Gasteiger partial charge in [-0.2, -0.15) is 5.26 Å². The summed E-state index contributed by atoms with van der Waals surface area (Å²) in [5, 5.41) is 22.7. The zero-order valence-corrected chi connectivity index (χ0v) is 14.4. The van der Waals surface area contributed by atoms with Crippen molar-refractivity contribution in [1.29, 1.82) is 5.26 Å². The molecule has 3 atom stereocenters. The van der Waals surface area contributed by atoms with Crippen molar-refractivity contribution in [3.8, 4) is 11.8 Å². The summed E-state index contributed by atoms with van der Waals surface area (Å²) in [6.45, 7) is 7.52. The standard InChI is InChI=1S/C19H27N3O2/c1-2-19-7-16(9-21-13-19)10-22(14-19)11-17(23)12-24-18-5-3-15(8-20)4-6-18/h3-6,16-17,21,23H,2,7,9-14H2,1H3. The molecule has 2 aliphatic rings. The second kappa shape index (κ2) is 7.52. The minimum atomic E-state index is -0.499. The summed E-state index contributed by atoms with van der Waals surface area (Å²) in [6, 6.07) is 9.08. The minimum absolute atomic E-state index is 0.282. The van der Waals surface area contributed by atoms with E-state index in [-0.39, 0.29) is 6.61 Å². The molecule has 0 saturated carbocycles. The van der Waals surface area contributed by atoms with Gasteiger partial charge < -0.3 is 15.2 Å². The van der Waals surface area contributed by atoms with E-state index in [9.17, 15) is 5.11 Å². The van der Waals surface area contributed by atoms with Crippen molar-refractivity contribution in [3.05, 3.63) is 29.8 Å². The molecule has 0 radical (unpaired) electrons. The molecule has 0 aliphatic carbocycles. The Kier molecular flexibility index (Phi) is 5.40. The van der Waals surface area contributed by atoms with Crippen molar-refractivity contribution in [3.63, 3.8) is 0 Å².